The molecule has 0 bridgehead atoms. The number of benzene rings is 2. The van der Waals surface area contributed by atoms with Crippen molar-refractivity contribution < 1.29 is 25.9 Å². The summed E-state index contributed by atoms with van der Waals surface area (Å²) in [6, 6.07) is 19.5. The van der Waals surface area contributed by atoms with E-state index in [1.54, 1.807) is 0 Å². The van der Waals surface area contributed by atoms with Crippen LogP contribution in [0.15, 0.2) is 54.6 Å². The molecule has 0 saturated heterocycles. The maximum absolute atomic E-state index is 5.90. The quantitative estimate of drug-likeness (QED) is 0.302. The van der Waals surface area contributed by atoms with Crippen LogP contribution in [0.1, 0.15) is 71.1 Å². The first-order valence-electron chi connectivity index (χ1n) is 10.3. The second kappa shape index (κ2) is 14.1. The topological polar surface area (TPSA) is 9.23 Å². The van der Waals surface area contributed by atoms with Gasteiger partial charge in [-0.05, 0) is 0 Å². The molecule has 2 aromatic carbocycles. The van der Waals surface area contributed by atoms with Gasteiger partial charge >= 0.3 is 139 Å². The van der Waals surface area contributed by atoms with E-state index >= 15 is 0 Å². The Labute approximate surface area is 170 Å². The number of unbranched alkanes of at least 4 members (excludes halogenated alkanes) is 9. The summed E-state index contributed by atoms with van der Waals surface area (Å²) < 4.78 is 8.80. The van der Waals surface area contributed by atoms with Gasteiger partial charge in [0.05, 0.1) is 0 Å². The van der Waals surface area contributed by atoms with Crippen LogP contribution in [-0.2, 0) is 0 Å². The van der Waals surface area contributed by atoms with E-state index in [2.05, 4.69) is 61.5 Å². The van der Waals surface area contributed by atoms with Gasteiger partial charge in [0.25, 0.3) is 0 Å². The summed E-state index contributed by atoms with van der Waals surface area (Å²) in [6.07, 6.45) is 13.7. The van der Waals surface area contributed by atoms with Crippen molar-refractivity contribution >= 4 is 0 Å². The fourth-order valence-corrected chi connectivity index (χ4v) is 5.19. The van der Waals surface area contributed by atoms with Gasteiger partial charge in [0, 0.05) is 0 Å². The predicted molar refractivity (Wildman–Crippen MR) is 108 cm³/mol. The van der Waals surface area contributed by atoms with E-state index in [-0.39, 0.29) is 21.2 Å². The molecule has 0 aliphatic rings. The molecule has 0 spiro atoms. The zero-order valence-corrected chi connectivity index (χ0v) is 18.4. The third-order valence-electron chi connectivity index (χ3n) is 4.53. The summed E-state index contributed by atoms with van der Waals surface area (Å²) in [5.74, 6) is 1.02. The zero-order chi connectivity index (χ0) is 18.3. The molecule has 2 aromatic rings. The predicted octanol–water partition coefficient (Wildman–Crippen LogP) is 4.11. The van der Waals surface area contributed by atoms with Crippen LogP contribution < -0.4 is 25.9 Å². The van der Waals surface area contributed by atoms with Crippen LogP contribution in [0.2, 0.25) is 0 Å². The van der Waals surface area contributed by atoms with Crippen LogP contribution in [0.3, 0.4) is 0 Å². The van der Waals surface area contributed by atoms with Gasteiger partial charge in [0.2, 0.25) is 0 Å². The van der Waals surface area contributed by atoms with Crippen LogP contribution in [0, 0.1) is 7.14 Å². The molecule has 0 N–H and O–H groups in total. The number of halogens is 1. The van der Waals surface area contributed by atoms with Crippen LogP contribution in [-0.4, -0.2) is 6.61 Å². The molecule has 0 saturated carbocycles. The van der Waals surface area contributed by atoms with Crippen molar-refractivity contribution in [2.45, 2.75) is 71.1 Å². The van der Waals surface area contributed by atoms with Crippen molar-refractivity contribution in [2.75, 3.05) is 6.61 Å². The zero-order valence-electron chi connectivity index (χ0n) is 16.3. The molecule has 1 nitrogen and oxygen atoms in total. The van der Waals surface area contributed by atoms with Crippen molar-refractivity contribution in [3.8, 4) is 5.75 Å². The molecule has 0 aliphatic carbocycles. The molecule has 0 fully saturated rings. The number of hydrogen-bond acceptors (Lipinski definition) is 1. The molecular formula is C24H34IO-. The first-order chi connectivity index (χ1) is 12.9. The van der Waals surface area contributed by atoms with E-state index < -0.39 is 0 Å². The fourth-order valence-electron chi connectivity index (χ4n) is 2.98. The first-order valence-corrected chi connectivity index (χ1v) is 12.5. The van der Waals surface area contributed by atoms with Crippen LogP contribution in [0.5, 0.6) is 5.75 Å². The van der Waals surface area contributed by atoms with E-state index in [1.807, 2.05) is 0 Å². The Hall–Kier alpha value is -1.03. The van der Waals surface area contributed by atoms with E-state index in [0.29, 0.717) is 0 Å². The molecule has 0 radical (unpaired) electrons. The van der Waals surface area contributed by atoms with Gasteiger partial charge in [-0.25, -0.2) is 0 Å². The van der Waals surface area contributed by atoms with Gasteiger partial charge < -0.3 is 0 Å². The minimum atomic E-state index is -0.0711. The molecule has 0 unspecified atom stereocenters. The second-order valence-electron chi connectivity index (χ2n) is 6.87. The van der Waals surface area contributed by atoms with Crippen LogP contribution in [0.25, 0.3) is 0 Å². The van der Waals surface area contributed by atoms with Gasteiger partial charge in [-0.1, -0.05) is 32.6 Å². The monoisotopic (exact) mass is 465 g/mol. The Bertz CT molecular complexity index is 565. The summed E-state index contributed by atoms with van der Waals surface area (Å²) in [7, 11) is 0. The van der Waals surface area contributed by atoms with Gasteiger partial charge in [-0.2, -0.15) is 0 Å². The average Bonchev–Trinajstić information content (AvgIpc) is 2.68. The Balaban J connectivity index is 1.49. The van der Waals surface area contributed by atoms with Gasteiger partial charge in [-0.15, -0.1) is 0 Å². The minimum absolute atomic E-state index is 0.0711. The van der Waals surface area contributed by atoms with Crippen molar-refractivity contribution in [1.82, 2.24) is 0 Å². The van der Waals surface area contributed by atoms with Gasteiger partial charge in [0.15, 0.2) is 0 Å². The number of ether oxygens (including phenoxy) is 1. The summed E-state index contributed by atoms with van der Waals surface area (Å²) in [6.45, 7) is 3.13. The molecule has 26 heavy (non-hydrogen) atoms. The second-order valence-corrected chi connectivity index (χ2v) is 9.91. The van der Waals surface area contributed by atoms with Gasteiger partial charge in [-0.3, -0.25) is 0 Å². The molecule has 2 heteroatoms. The molecule has 144 valence electrons. The molecule has 2 rings (SSSR count). The molecular weight excluding hydrogens is 431 g/mol. The molecule has 0 aliphatic heterocycles. The van der Waals surface area contributed by atoms with E-state index in [1.165, 1.54) is 71.3 Å². The summed E-state index contributed by atoms with van der Waals surface area (Å²) in [4.78, 5) is 0. The van der Waals surface area contributed by atoms with E-state index in [9.17, 15) is 0 Å². The van der Waals surface area contributed by atoms with Crippen molar-refractivity contribution in [3.05, 3.63) is 61.7 Å². The Morgan fingerprint density at radius 1 is 0.615 bits per heavy atom. The first kappa shape index (κ1) is 21.3. The SMILES string of the molecule is CCCCCCCCCCCCOc1ccc([I-]c2ccccc2)cc1. The normalized spacial score (nSPS) is 11.0. The third-order valence-corrected chi connectivity index (χ3v) is 7.22. The Morgan fingerprint density at radius 2 is 1.15 bits per heavy atom. The van der Waals surface area contributed by atoms with Gasteiger partial charge in [0.1, 0.15) is 0 Å². The summed E-state index contributed by atoms with van der Waals surface area (Å²) in [5.41, 5.74) is 0. The van der Waals surface area contributed by atoms with Crippen molar-refractivity contribution in [1.29, 1.82) is 0 Å². The fraction of sp³-hybridized carbons (Fsp3) is 0.500. The van der Waals surface area contributed by atoms with Crippen molar-refractivity contribution in [3.63, 3.8) is 0 Å². The van der Waals surface area contributed by atoms with Crippen LogP contribution >= 0.6 is 0 Å². The Kier molecular flexibility index (Phi) is 11.5. The molecule has 0 aromatic heterocycles. The molecule has 0 amide bonds. The number of rotatable bonds is 14. The third kappa shape index (κ3) is 9.61. The summed E-state index contributed by atoms with van der Waals surface area (Å²) >= 11 is -0.0711. The average molecular weight is 465 g/mol. The molecule has 0 atom stereocenters. The van der Waals surface area contributed by atoms with Crippen LogP contribution in [0.4, 0.5) is 0 Å². The molecule has 0 heterocycles. The maximum atomic E-state index is 5.90. The number of hydrogen-bond donors (Lipinski definition) is 0. The van der Waals surface area contributed by atoms with E-state index in [0.717, 1.165) is 12.4 Å². The van der Waals surface area contributed by atoms with Crippen molar-refractivity contribution in [2.24, 2.45) is 0 Å². The van der Waals surface area contributed by atoms with E-state index in [4.69, 9.17) is 4.74 Å². The standard InChI is InChI=1S/C24H34IO/c1-2-3-4-5-6-7-8-9-10-14-21-26-24-19-17-23(18-20-24)25-22-15-12-11-13-16-22/h11-13,15-20H,2-10,14,21H2,1H3/q-1. The summed E-state index contributed by atoms with van der Waals surface area (Å²) in [5, 5.41) is 0. The Morgan fingerprint density at radius 3 is 1.77 bits per heavy atom.